The maximum atomic E-state index is 13.2. The van der Waals surface area contributed by atoms with Gasteiger partial charge in [0.05, 0.1) is 21.8 Å². The zero-order valence-electron chi connectivity index (χ0n) is 15.3. The van der Waals surface area contributed by atoms with Crippen molar-refractivity contribution in [3.05, 3.63) is 39.5 Å². The number of amides is 1. The van der Waals surface area contributed by atoms with Crippen molar-refractivity contribution in [2.24, 2.45) is 0 Å². The van der Waals surface area contributed by atoms with Crippen molar-refractivity contribution < 1.29 is 4.79 Å². The monoisotopic (exact) mass is 439 g/mol. The number of nitrogen functional groups attached to an aromatic ring is 1. The molecular weight excluding hydrogens is 421 g/mol. The van der Waals surface area contributed by atoms with Crippen molar-refractivity contribution in [2.45, 2.75) is 26.2 Å². The van der Waals surface area contributed by atoms with Crippen molar-refractivity contribution in [2.75, 3.05) is 18.8 Å². The number of hydrogen-bond acceptors (Lipinski definition) is 4. The SMILES string of the molecule is Cc1nc(N)c2nc(-c3ccc(Cl)cc3Cl)[nH]c2c1C(=O)N1CCCCC1.Cl. The molecule has 0 atom stereocenters. The van der Waals surface area contributed by atoms with Crippen LogP contribution in [0.4, 0.5) is 5.82 Å². The standard InChI is InChI=1S/C19H19Cl2N5O.ClH/c1-10-14(19(27)26-7-3-2-4-8-26)15-16(17(22)23-10)25-18(24-15)12-6-5-11(20)9-13(12)21;/h5-6,9H,2-4,7-8H2,1H3,(H2,22,23)(H,24,25);1H. The van der Waals surface area contributed by atoms with E-state index < -0.39 is 0 Å². The highest BCUT2D eigenvalue weighted by Gasteiger charge is 2.25. The van der Waals surface area contributed by atoms with E-state index in [1.54, 1.807) is 25.1 Å². The lowest BCUT2D eigenvalue weighted by molar-refractivity contribution is 0.0725. The quantitative estimate of drug-likeness (QED) is 0.595. The first-order chi connectivity index (χ1) is 13.0. The Hall–Kier alpha value is -2.02. The highest BCUT2D eigenvalue weighted by atomic mass is 35.5. The molecule has 9 heteroatoms. The van der Waals surface area contributed by atoms with Gasteiger partial charge in [0, 0.05) is 23.7 Å². The van der Waals surface area contributed by atoms with Crippen LogP contribution in [0.1, 0.15) is 35.3 Å². The van der Waals surface area contributed by atoms with Gasteiger partial charge in [-0.15, -0.1) is 12.4 Å². The number of aryl methyl sites for hydroxylation is 1. The van der Waals surface area contributed by atoms with Crippen molar-refractivity contribution in [1.82, 2.24) is 19.9 Å². The molecule has 3 heterocycles. The van der Waals surface area contributed by atoms with Gasteiger partial charge in [0.15, 0.2) is 5.82 Å². The lowest BCUT2D eigenvalue weighted by Crippen LogP contribution is -2.36. The first-order valence-corrected chi connectivity index (χ1v) is 9.62. The minimum atomic E-state index is -0.0397. The van der Waals surface area contributed by atoms with Crippen molar-refractivity contribution >= 4 is 58.4 Å². The summed E-state index contributed by atoms with van der Waals surface area (Å²) < 4.78 is 0. The minimum Gasteiger partial charge on any atom is -0.382 e. The van der Waals surface area contributed by atoms with Crippen LogP contribution in [0.3, 0.4) is 0 Å². The molecule has 1 amide bonds. The molecule has 2 aromatic heterocycles. The average molecular weight is 441 g/mol. The number of rotatable bonds is 2. The van der Waals surface area contributed by atoms with Gasteiger partial charge in [-0.3, -0.25) is 4.79 Å². The molecule has 1 saturated heterocycles. The van der Waals surface area contributed by atoms with Gasteiger partial charge in [0.25, 0.3) is 5.91 Å². The van der Waals surface area contributed by atoms with E-state index in [1.807, 2.05) is 4.90 Å². The summed E-state index contributed by atoms with van der Waals surface area (Å²) in [4.78, 5) is 27.2. The predicted molar refractivity (Wildman–Crippen MR) is 115 cm³/mol. The number of pyridine rings is 1. The molecule has 0 spiro atoms. The highest BCUT2D eigenvalue weighted by molar-refractivity contribution is 6.36. The third-order valence-corrected chi connectivity index (χ3v) is 5.44. The van der Waals surface area contributed by atoms with E-state index in [-0.39, 0.29) is 24.1 Å². The van der Waals surface area contributed by atoms with Gasteiger partial charge >= 0.3 is 0 Å². The van der Waals surface area contributed by atoms with Crippen LogP contribution in [-0.4, -0.2) is 38.8 Å². The maximum absolute atomic E-state index is 13.2. The first kappa shape index (κ1) is 20.7. The number of halogens is 3. The molecule has 1 fully saturated rings. The van der Waals surface area contributed by atoms with Gasteiger partial charge in [-0.05, 0) is 44.4 Å². The van der Waals surface area contributed by atoms with Crippen LogP contribution in [0.5, 0.6) is 0 Å². The Labute approximate surface area is 178 Å². The Morgan fingerprint density at radius 2 is 1.89 bits per heavy atom. The zero-order chi connectivity index (χ0) is 19.1. The zero-order valence-corrected chi connectivity index (χ0v) is 17.6. The number of carbonyl (C=O) groups excluding carboxylic acids is 1. The largest absolute Gasteiger partial charge is 0.382 e. The number of nitrogens with zero attached hydrogens (tertiary/aromatic N) is 3. The molecule has 3 aromatic rings. The van der Waals surface area contributed by atoms with Gasteiger partial charge in [-0.2, -0.15) is 0 Å². The molecular formula is C19H20Cl3N5O. The summed E-state index contributed by atoms with van der Waals surface area (Å²) in [6, 6.07) is 5.17. The van der Waals surface area contributed by atoms with E-state index in [0.29, 0.717) is 43.7 Å². The van der Waals surface area contributed by atoms with Crippen LogP contribution in [0.15, 0.2) is 18.2 Å². The van der Waals surface area contributed by atoms with Gasteiger partial charge in [0.2, 0.25) is 0 Å². The van der Waals surface area contributed by atoms with Crippen molar-refractivity contribution in [3.63, 3.8) is 0 Å². The van der Waals surface area contributed by atoms with Gasteiger partial charge in [-0.25, -0.2) is 9.97 Å². The van der Waals surface area contributed by atoms with Crippen LogP contribution in [0.2, 0.25) is 10.0 Å². The van der Waals surface area contributed by atoms with E-state index in [0.717, 1.165) is 32.4 Å². The molecule has 1 aliphatic rings. The Morgan fingerprint density at radius 3 is 2.57 bits per heavy atom. The predicted octanol–water partition coefficient (Wildman–Crippen LogP) is 4.87. The lowest BCUT2D eigenvalue weighted by Gasteiger charge is -2.27. The van der Waals surface area contributed by atoms with Crippen LogP contribution < -0.4 is 5.73 Å². The second-order valence-electron chi connectivity index (χ2n) is 6.74. The maximum Gasteiger partial charge on any atom is 0.257 e. The molecule has 3 N–H and O–H groups in total. The Balaban J connectivity index is 0.00000225. The van der Waals surface area contributed by atoms with E-state index >= 15 is 0 Å². The fraction of sp³-hybridized carbons (Fsp3) is 0.316. The number of carbonyl (C=O) groups is 1. The number of aromatic nitrogens is 3. The first-order valence-electron chi connectivity index (χ1n) is 8.86. The molecule has 4 rings (SSSR count). The Kier molecular flexibility index (Phi) is 6.03. The second-order valence-corrected chi connectivity index (χ2v) is 7.59. The van der Waals surface area contributed by atoms with Crippen LogP contribution >= 0.6 is 35.6 Å². The third kappa shape index (κ3) is 3.64. The van der Waals surface area contributed by atoms with E-state index in [1.165, 1.54) is 0 Å². The van der Waals surface area contributed by atoms with E-state index in [4.69, 9.17) is 28.9 Å². The smallest absolute Gasteiger partial charge is 0.257 e. The summed E-state index contributed by atoms with van der Waals surface area (Å²) >= 11 is 12.3. The molecule has 0 aliphatic carbocycles. The summed E-state index contributed by atoms with van der Waals surface area (Å²) in [7, 11) is 0. The summed E-state index contributed by atoms with van der Waals surface area (Å²) in [5.41, 5.74) is 8.95. The molecule has 6 nitrogen and oxygen atoms in total. The number of imidazole rings is 1. The van der Waals surface area contributed by atoms with Crippen LogP contribution in [0.25, 0.3) is 22.4 Å². The number of benzene rings is 1. The molecule has 0 bridgehead atoms. The normalized spacial score (nSPS) is 14.2. The minimum absolute atomic E-state index is 0. The number of anilines is 1. The second kappa shape index (κ2) is 8.15. The van der Waals surface area contributed by atoms with Gasteiger partial charge < -0.3 is 15.6 Å². The average Bonchev–Trinajstić information content (AvgIpc) is 3.07. The Morgan fingerprint density at radius 1 is 1.18 bits per heavy atom. The van der Waals surface area contributed by atoms with Gasteiger partial charge in [0.1, 0.15) is 11.3 Å². The van der Waals surface area contributed by atoms with Crippen LogP contribution in [0, 0.1) is 6.92 Å². The van der Waals surface area contributed by atoms with E-state index in [9.17, 15) is 4.79 Å². The Bertz CT molecular complexity index is 1040. The summed E-state index contributed by atoms with van der Waals surface area (Å²) in [5.74, 6) is 0.769. The lowest BCUT2D eigenvalue weighted by atomic mass is 10.1. The molecule has 0 radical (unpaired) electrons. The number of hydrogen-bond donors (Lipinski definition) is 2. The molecule has 1 aromatic carbocycles. The van der Waals surface area contributed by atoms with Crippen LogP contribution in [-0.2, 0) is 0 Å². The number of fused-ring (bicyclic) bond motifs is 1. The summed E-state index contributed by atoms with van der Waals surface area (Å²) in [6.45, 7) is 3.31. The third-order valence-electron chi connectivity index (χ3n) is 4.89. The number of piperidine rings is 1. The summed E-state index contributed by atoms with van der Waals surface area (Å²) in [6.07, 6.45) is 3.19. The number of H-pyrrole nitrogens is 1. The molecule has 1 aliphatic heterocycles. The number of aromatic amines is 1. The van der Waals surface area contributed by atoms with Crippen molar-refractivity contribution in [1.29, 1.82) is 0 Å². The fourth-order valence-electron chi connectivity index (χ4n) is 3.54. The number of nitrogens with two attached hydrogens (primary N) is 1. The van der Waals surface area contributed by atoms with E-state index in [2.05, 4.69) is 15.0 Å². The number of nitrogens with one attached hydrogen (secondary N) is 1. The summed E-state index contributed by atoms with van der Waals surface area (Å²) in [5, 5.41) is 1.01. The number of likely N-dealkylation sites (tertiary alicyclic amines) is 1. The molecule has 28 heavy (non-hydrogen) atoms. The van der Waals surface area contributed by atoms with Crippen molar-refractivity contribution in [3.8, 4) is 11.4 Å². The fourth-order valence-corrected chi connectivity index (χ4v) is 4.03. The molecule has 148 valence electrons. The van der Waals surface area contributed by atoms with Gasteiger partial charge in [-0.1, -0.05) is 23.2 Å². The topological polar surface area (TPSA) is 87.9 Å². The molecule has 0 saturated carbocycles. The molecule has 0 unspecified atom stereocenters. The highest BCUT2D eigenvalue weighted by Crippen LogP contribution is 2.33.